The Morgan fingerprint density at radius 1 is 1.33 bits per heavy atom. The summed E-state index contributed by atoms with van der Waals surface area (Å²) < 4.78 is 0. The number of benzene rings is 1. The Hall–Kier alpha value is -2.74. The van der Waals surface area contributed by atoms with Crippen LogP contribution >= 0.6 is 0 Å². The topological polar surface area (TPSA) is 69.9 Å². The number of hydrogen-bond acceptors (Lipinski definition) is 4. The van der Waals surface area contributed by atoms with E-state index >= 15 is 0 Å². The highest BCUT2D eigenvalue weighted by molar-refractivity contribution is 5.92. The van der Waals surface area contributed by atoms with Gasteiger partial charge in [0.15, 0.2) is 0 Å². The Kier molecular flexibility index (Phi) is 4.62. The van der Waals surface area contributed by atoms with Crippen molar-refractivity contribution in [2.24, 2.45) is 0 Å². The second-order valence-corrected chi connectivity index (χ2v) is 4.59. The van der Waals surface area contributed by atoms with Crippen LogP contribution in [0.25, 0.3) is 0 Å². The van der Waals surface area contributed by atoms with Gasteiger partial charge in [-0.15, -0.1) is 0 Å². The molecule has 106 valence electrons. The van der Waals surface area contributed by atoms with Gasteiger partial charge in [0.25, 0.3) is 5.91 Å². The SMILES string of the molecule is CCN(C(=O)c1cnccn1)C(C)c1ccc(C#N)cc1. The predicted molar refractivity (Wildman–Crippen MR) is 78.3 cm³/mol. The summed E-state index contributed by atoms with van der Waals surface area (Å²) >= 11 is 0. The van der Waals surface area contributed by atoms with Crippen LogP contribution in [0.5, 0.6) is 0 Å². The molecule has 0 aliphatic rings. The van der Waals surface area contributed by atoms with Crippen LogP contribution in [0.3, 0.4) is 0 Å². The van der Waals surface area contributed by atoms with E-state index in [-0.39, 0.29) is 11.9 Å². The fraction of sp³-hybridized carbons (Fsp3) is 0.250. The van der Waals surface area contributed by atoms with Gasteiger partial charge < -0.3 is 4.90 Å². The molecule has 0 aliphatic carbocycles. The van der Waals surface area contributed by atoms with Gasteiger partial charge in [-0.3, -0.25) is 9.78 Å². The molecule has 2 aromatic rings. The van der Waals surface area contributed by atoms with Gasteiger partial charge >= 0.3 is 0 Å². The summed E-state index contributed by atoms with van der Waals surface area (Å²) in [6, 6.07) is 9.24. The maximum atomic E-state index is 12.5. The minimum atomic E-state index is -0.151. The van der Waals surface area contributed by atoms with Crippen LogP contribution in [-0.4, -0.2) is 27.3 Å². The van der Waals surface area contributed by atoms with Gasteiger partial charge in [0.2, 0.25) is 0 Å². The van der Waals surface area contributed by atoms with Crippen LogP contribution < -0.4 is 0 Å². The van der Waals surface area contributed by atoms with Gasteiger partial charge in [0, 0.05) is 18.9 Å². The number of aromatic nitrogens is 2. The minimum absolute atomic E-state index is 0.0998. The van der Waals surface area contributed by atoms with Crippen molar-refractivity contribution in [3.63, 3.8) is 0 Å². The Labute approximate surface area is 123 Å². The highest BCUT2D eigenvalue weighted by Gasteiger charge is 2.22. The van der Waals surface area contributed by atoms with E-state index in [9.17, 15) is 4.79 Å². The molecule has 5 nitrogen and oxygen atoms in total. The normalized spacial score (nSPS) is 11.5. The lowest BCUT2D eigenvalue weighted by atomic mass is 10.0. The molecular formula is C16H16N4O. The molecule has 0 N–H and O–H groups in total. The molecule has 5 heteroatoms. The van der Waals surface area contributed by atoms with E-state index in [2.05, 4.69) is 16.0 Å². The van der Waals surface area contributed by atoms with Crippen LogP contribution in [0.1, 0.15) is 41.5 Å². The standard InChI is InChI=1S/C16H16N4O/c1-3-20(16(21)15-11-18-8-9-19-15)12(2)14-6-4-13(10-17)5-7-14/h4-9,11-12H,3H2,1-2H3. The van der Waals surface area contributed by atoms with Crippen LogP contribution in [0.4, 0.5) is 0 Å². The average Bonchev–Trinajstić information content (AvgIpc) is 2.56. The van der Waals surface area contributed by atoms with E-state index in [4.69, 9.17) is 5.26 Å². The maximum Gasteiger partial charge on any atom is 0.274 e. The van der Waals surface area contributed by atoms with Gasteiger partial charge in [0.1, 0.15) is 5.69 Å². The third-order valence-electron chi connectivity index (χ3n) is 3.37. The number of rotatable bonds is 4. The first-order chi connectivity index (χ1) is 10.2. The van der Waals surface area contributed by atoms with E-state index in [1.165, 1.54) is 18.6 Å². The van der Waals surface area contributed by atoms with Crippen molar-refractivity contribution in [2.75, 3.05) is 6.54 Å². The lowest BCUT2D eigenvalue weighted by molar-refractivity contribution is 0.0695. The quantitative estimate of drug-likeness (QED) is 0.863. The van der Waals surface area contributed by atoms with Crippen molar-refractivity contribution in [3.05, 3.63) is 59.7 Å². The summed E-state index contributed by atoms with van der Waals surface area (Å²) in [4.78, 5) is 22.2. The molecule has 1 amide bonds. The molecule has 0 bridgehead atoms. The summed E-state index contributed by atoms with van der Waals surface area (Å²) in [5.41, 5.74) is 1.92. The lowest BCUT2D eigenvalue weighted by Gasteiger charge is -2.28. The number of carbonyl (C=O) groups excluding carboxylic acids is 1. The second kappa shape index (κ2) is 6.62. The number of nitrogens with zero attached hydrogens (tertiary/aromatic N) is 4. The number of hydrogen-bond donors (Lipinski definition) is 0. The molecule has 0 saturated carbocycles. The van der Waals surface area contributed by atoms with Gasteiger partial charge in [-0.1, -0.05) is 12.1 Å². The average molecular weight is 280 g/mol. The number of nitriles is 1. The van der Waals surface area contributed by atoms with Gasteiger partial charge in [-0.05, 0) is 31.5 Å². The maximum absolute atomic E-state index is 12.5. The fourth-order valence-electron chi connectivity index (χ4n) is 2.17. The van der Waals surface area contributed by atoms with E-state index in [1.54, 1.807) is 17.0 Å². The molecule has 1 atom stereocenters. The summed E-state index contributed by atoms with van der Waals surface area (Å²) in [7, 11) is 0. The first kappa shape index (κ1) is 14.7. The molecule has 0 saturated heterocycles. The molecule has 21 heavy (non-hydrogen) atoms. The Bertz CT molecular complexity index is 646. The lowest BCUT2D eigenvalue weighted by Crippen LogP contribution is -2.34. The summed E-state index contributed by atoms with van der Waals surface area (Å²) in [5.74, 6) is -0.151. The van der Waals surface area contributed by atoms with Crippen molar-refractivity contribution in [1.82, 2.24) is 14.9 Å². The van der Waals surface area contributed by atoms with Crippen molar-refractivity contribution >= 4 is 5.91 Å². The molecule has 1 aromatic heterocycles. The molecule has 0 fully saturated rings. The van der Waals surface area contributed by atoms with Crippen LogP contribution in [0, 0.1) is 11.3 Å². The zero-order valence-electron chi connectivity index (χ0n) is 12.0. The summed E-state index contributed by atoms with van der Waals surface area (Å²) in [6.07, 6.45) is 4.51. The van der Waals surface area contributed by atoms with Gasteiger partial charge in [0.05, 0.1) is 23.9 Å². The van der Waals surface area contributed by atoms with Crippen LogP contribution in [-0.2, 0) is 0 Å². The van der Waals surface area contributed by atoms with Crippen molar-refractivity contribution in [2.45, 2.75) is 19.9 Å². The molecular weight excluding hydrogens is 264 g/mol. The van der Waals surface area contributed by atoms with E-state index in [1.807, 2.05) is 26.0 Å². The number of carbonyl (C=O) groups is 1. The largest absolute Gasteiger partial charge is 0.331 e. The van der Waals surface area contributed by atoms with E-state index in [0.29, 0.717) is 17.8 Å². The third kappa shape index (κ3) is 3.23. The zero-order valence-corrected chi connectivity index (χ0v) is 12.0. The minimum Gasteiger partial charge on any atom is -0.331 e. The van der Waals surface area contributed by atoms with E-state index < -0.39 is 0 Å². The second-order valence-electron chi connectivity index (χ2n) is 4.59. The summed E-state index contributed by atoms with van der Waals surface area (Å²) in [5, 5.41) is 8.83. The van der Waals surface area contributed by atoms with Crippen molar-refractivity contribution in [3.8, 4) is 6.07 Å². The zero-order chi connectivity index (χ0) is 15.2. The Morgan fingerprint density at radius 2 is 2.05 bits per heavy atom. The van der Waals surface area contributed by atoms with Gasteiger partial charge in [-0.25, -0.2) is 4.98 Å². The Morgan fingerprint density at radius 3 is 2.57 bits per heavy atom. The Balaban J connectivity index is 2.24. The molecule has 0 spiro atoms. The van der Waals surface area contributed by atoms with Gasteiger partial charge in [-0.2, -0.15) is 5.26 Å². The molecule has 1 heterocycles. The molecule has 0 aliphatic heterocycles. The highest BCUT2D eigenvalue weighted by atomic mass is 16.2. The summed E-state index contributed by atoms with van der Waals surface area (Å²) in [6.45, 7) is 4.45. The molecule has 1 unspecified atom stereocenters. The molecule has 2 rings (SSSR count). The monoisotopic (exact) mass is 280 g/mol. The van der Waals surface area contributed by atoms with Crippen LogP contribution in [0.15, 0.2) is 42.9 Å². The predicted octanol–water partition coefficient (Wildman–Crippen LogP) is 2.57. The molecule has 1 aromatic carbocycles. The van der Waals surface area contributed by atoms with Crippen LogP contribution in [0.2, 0.25) is 0 Å². The third-order valence-corrected chi connectivity index (χ3v) is 3.37. The van der Waals surface area contributed by atoms with E-state index in [0.717, 1.165) is 5.56 Å². The number of amides is 1. The fourth-order valence-corrected chi connectivity index (χ4v) is 2.17. The first-order valence-corrected chi connectivity index (χ1v) is 6.74. The highest BCUT2D eigenvalue weighted by Crippen LogP contribution is 2.21. The van der Waals surface area contributed by atoms with Crippen molar-refractivity contribution in [1.29, 1.82) is 5.26 Å². The van der Waals surface area contributed by atoms with Crippen molar-refractivity contribution < 1.29 is 4.79 Å². The smallest absolute Gasteiger partial charge is 0.274 e. The first-order valence-electron chi connectivity index (χ1n) is 6.74. The molecule has 0 radical (unpaired) electrons.